The van der Waals surface area contributed by atoms with Crippen LogP contribution in [0.1, 0.15) is 31.2 Å². The fraction of sp³-hybridized carbons (Fsp3) is 0.391. The minimum Gasteiger partial charge on any atom is -0.359 e. The second-order valence-corrected chi connectivity index (χ2v) is 13.6. The highest BCUT2D eigenvalue weighted by molar-refractivity contribution is 14.1. The van der Waals surface area contributed by atoms with E-state index in [1.54, 1.807) is 56.0 Å². The molecule has 11 heteroatoms. The topological polar surface area (TPSA) is 83.3 Å². The van der Waals surface area contributed by atoms with Crippen molar-refractivity contribution in [3.63, 3.8) is 0 Å². The van der Waals surface area contributed by atoms with Gasteiger partial charge in [0.25, 0.3) is 10.0 Å². The molecule has 2 atom stereocenters. The third kappa shape index (κ3) is 3.77. The molecule has 0 amide bonds. The Balaban J connectivity index is 1.56. The molecule has 2 aliphatic carbocycles. The Morgan fingerprint density at radius 2 is 2.12 bits per heavy atom. The minimum absolute atomic E-state index is 0.222. The highest BCUT2D eigenvalue weighted by atomic mass is 127. The van der Waals surface area contributed by atoms with E-state index in [-0.39, 0.29) is 10.7 Å². The van der Waals surface area contributed by atoms with Crippen LogP contribution in [-0.2, 0) is 25.1 Å². The molecule has 0 N–H and O–H groups in total. The Kier molecular flexibility index (Phi) is 6.43. The van der Waals surface area contributed by atoms with Crippen molar-refractivity contribution in [3.05, 3.63) is 59.0 Å². The smallest absolute Gasteiger partial charge is 0.250 e. The first kappa shape index (κ1) is 24.4. The molecule has 1 saturated carbocycles. The number of fused-ring (bicyclic) bond motifs is 1. The molecular weight excluding hydrogens is 609 g/mol. The lowest BCUT2D eigenvalue weighted by atomic mass is 9.80. The Labute approximate surface area is 221 Å². The summed E-state index contributed by atoms with van der Waals surface area (Å²) in [5.74, 6) is 0. The third-order valence-corrected chi connectivity index (χ3v) is 12.4. The molecule has 0 radical (unpaired) electrons. The van der Waals surface area contributed by atoms with Crippen molar-refractivity contribution in [2.45, 2.75) is 40.5 Å². The second-order valence-electron chi connectivity index (χ2n) is 8.61. The summed E-state index contributed by atoms with van der Waals surface area (Å²) in [6.45, 7) is 1.91. The lowest BCUT2D eigenvalue weighted by Crippen LogP contribution is -2.45. The number of nitrogens with zero attached hydrogens (tertiary/aromatic N) is 3. The van der Waals surface area contributed by atoms with Gasteiger partial charge >= 0.3 is 0 Å². The van der Waals surface area contributed by atoms with E-state index < -0.39 is 20.4 Å². The van der Waals surface area contributed by atoms with Crippen molar-refractivity contribution in [2.24, 2.45) is 0 Å². The Hall–Kier alpha value is -1.31. The maximum absolute atomic E-state index is 13.8. The van der Waals surface area contributed by atoms with E-state index in [0.29, 0.717) is 10.7 Å². The average molecular weight is 632 g/mol. The number of thiazole rings is 1. The van der Waals surface area contributed by atoms with Crippen LogP contribution in [0.15, 0.2) is 54.0 Å². The number of pyridine rings is 1. The summed E-state index contributed by atoms with van der Waals surface area (Å²) in [6, 6.07) is 3.69. The number of hydrogen-bond donors (Lipinski definition) is 0. The van der Waals surface area contributed by atoms with E-state index in [9.17, 15) is 8.42 Å². The number of ether oxygens (including phenoxy) is 2. The van der Waals surface area contributed by atoms with Gasteiger partial charge in [-0.3, -0.25) is 0 Å². The maximum Gasteiger partial charge on any atom is 0.250 e. The molecule has 34 heavy (non-hydrogen) atoms. The van der Waals surface area contributed by atoms with Crippen molar-refractivity contribution in [1.82, 2.24) is 13.9 Å². The molecule has 7 nitrogen and oxygen atoms in total. The number of rotatable bonds is 7. The van der Waals surface area contributed by atoms with Gasteiger partial charge in [-0.1, -0.05) is 40.3 Å². The summed E-state index contributed by atoms with van der Waals surface area (Å²) < 4.78 is 38.5. The summed E-state index contributed by atoms with van der Waals surface area (Å²) >= 11 is 9.90. The van der Waals surface area contributed by atoms with E-state index in [0.717, 1.165) is 40.1 Å². The first-order valence-corrected chi connectivity index (χ1v) is 14.6. The van der Waals surface area contributed by atoms with E-state index in [2.05, 4.69) is 32.6 Å². The second kappa shape index (κ2) is 8.97. The number of hydrogen-bond acceptors (Lipinski definition) is 7. The molecule has 180 valence electrons. The number of halogens is 2. The van der Waals surface area contributed by atoms with Gasteiger partial charge in [0.2, 0.25) is 0 Å². The first-order chi connectivity index (χ1) is 16.2. The molecule has 5 rings (SSSR count). The number of allylic oxidation sites excluding steroid dienone is 3. The van der Waals surface area contributed by atoms with Crippen LogP contribution in [0.2, 0.25) is 0 Å². The van der Waals surface area contributed by atoms with Gasteiger partial charge in [-0.2, -0.15) is 0 Å². The van der Waals surface area contributed by atoms with E-state index in [1.165, 1.54) is 3.97 Å². The third-order valence-electron chi connectivity index (χ3n) is 6.54. The SMILES string of the molecule is COCOC1(c2ncc(-c3ccnc4c3ccn4S(=O)(=O)C3(C)C=C(Cl)C=CC3I)s2)CCC1. The maximum atomic E-state index is 13.8. The van der Waals surface area contributed by atoms with Crippen LogP contribution in [-0.4, -0.2) is 44.9 Å². The van der Waals surface area contributed by atoms with Gasteiger partial charge in [-0.25, -0.2) is 22.4 Å². The lowest BCUT2D eigenvalue weighted by Gasteiger charge is -2.39. The molecule has 2 unspecified atom stereocenters. The Morgan fingerprint density at radius 1 is 1.32 bits per heavy atom. The summed E-state index contributed by atoms with van der Waals surface area (Å²) in [5, 5.41) is 2.07. The van der Waals surface area contributed by atoms with Crippen molar-refractivity contribution in [1.29, 1.82) is 0 Å². The molecule has 2 aliphatic rings. The highest BCUT2D eigenvalue weighted by Gasteiger charge is 2.46. The molecule has 1 fully saturated rings. The van der Waals surface area contributed by atoms with Gasteiger partial charge in [-0.05, 0) is 50.5 Å². The molecule has 0 bridgehead atoms. The standard InChI is InChI=1S/C23H23ClIN3O4S2/c1-22(12-15(24)4-5-19(22)25)34(29,30)28-11-7-17-16(6-10-26-20(17)28)18-13-27-21(33-18)23(8-3-9-23)32-14-31-2/h4-7,10-13,19H,3,8-9,14H2,1-2H3. The molecule has 3 heterocycles. The van der Waals surface area contributed by atoms with Crippen molar-refractivity contribution in [3.8, 4) is 10.4 Å². The van der Waals surface area contributed by atoms with Crippen LogP contribution >= 0.6 is 45.5 Å². The lowest BCUT2D eigenvalue weighted by molar-refractivity contribution is -0.171. The van der Waals surface area contributed by atoms with Gasteiger partial charge in [0.15, 0.2) is 5.65 Å². The molecule has 3 aromatic heterocycles. The Bertz CT molecular complexity index is 1410. The van der Waals surface area contributed by atoms with Gasteiger partial charge in [0, 0.05) is 41.7 Å². The average Bonchev–Trinajstić information content (AvgIpc) is 3.44. The predicted octanol–water partition coefficient (Wildman–Crippen LogP) is 5.59. The van der Waals surface area contributed by atoms with Gasteiger partial charge in [-0.15, -0.1) is 11.3 Å². The zero-order chi connectivity index (χ0) is 24.1. The van der Waals surface area contributed by atoms with Crippen LogP contribution in [0.25, 0.3) is 21.5 Å². The van der Waals surface area contributed by atoms with Gasteiger partial charge < -0.3 is 9.47 Å². The quantitative estimate of drug-likeness (QED) is 0.192. The predicted molar refractivity (Wildman–Crippen MR) is 143 cm³/mol. The number of methoxy groups -OCH3 is 1. The molecule has 0 aromatic carbocycles. The van der Waals surface area contributed by atoms with E-state index in [1.807, 2.05) is 18.3 Å². The zero-order valence-corrected chi connectivity index (χ0v) is 23.1. The number of aromatic nitrogens is 3. The van der Waals surface area contributed by atoms with Crippen molar-refractivity contribution < 1.29 is 17.9 Å². The molecule has 3 aromatic rings. The normalized spacial score (nSPS) is 24.2. The van der Waals surface area contributed by atoms with E-state index >= 15 is 0 Å². The summed E-state index contributed by atoms with van der Waals surface area (Å²) in [4.78, 5) is 10.0. The zero-order valence-electron chi connectivity index (χ0n) is 18.6. The van der Waals surface area contributed by atoms with Crippen LogP contribution in [0, 0.1) is 0 Å². The monoisotopic (exact) mass is 631 g/mol. The van der Waals surface area contributed by atoms with Crippen molar-refractivity contribution in [2.75, 3.05) is 13.9 Å². The van der Waals surface area contributed by atoms with Crippen LogP contribution in [0.3, 0.4) is 0 Å². The first-order valence-electron chi connectivity index (χ1n) is 10.7. The summed E-state index contributed by atoms with van der Waals surface area (Å²) in [7, 11) is -2.25. The van der Waals surface area contributed by atoms with E-state index in [4.69, 9.17) is 21.1 Å². The Morgan fingerprint density at radius 3 is 2.82 bits per heavy atom. The van der Waals surface area contributed by atoms with Crippen molar-refractivity contribution >= 4 is 66.6 Å². The fourth-order valence-corrected chi connectivity index (χ4v) is 8.85. The van der Waals surface area contributed by atoms with Crippen LogP contribution < -0.4 is 0 Å². The fourth-order valence-electron chi connectivity index (χ4n) is 4.32. The minimum atomic E-state index is -3.86. The highest BCUT2D eigenvalue weighted by Crippen LogP contribution is 2.48. The molecule has 0 saturated heterocycles. The molecular formula is C23H23ClIN3O4S2. The van der Waals surface area contributed by atoms with Crippen LogP contribution in [0.4, 0.5) is 0 Å². The van der Waals surface area contributed by atoms with Gasteiger partial charge in [0.1, 0.15) is 22.1 Å². The summed E-state index contributed by atoms with van der Waals surface area (Å²) in [6.07, 6.45) is 13.1. The van der Waals surface area contributed by atoms with Crippen LogP contribution in [0.5, 0.6) is 0 Å². The molecule has 0 aliphatic heterocycles. The number of alkyl halides is 1. The molecule has 0 spiro atoms. The van der Waals surface area contributed by atoms with Gasteiger partial charge in [0.05, 0.1) is 8.80 Å². The largest absolute Gasteiger partial charge is 0.359 e. The summed E-state index contributed by atoms with van der Waals surface area (Å²) in [5.41, 5.74) is 0.868.